The molecule has 2 heteroatoms. The van der Waals surface area contributed by atoms with Gasteiger partial charge in [0.05, 0.1) is 23.4 Å². The van der Waals surface area contributed by atoms with Gasteiger partial charge in [0.15, 0.2) is 0 Å². The molecular weight excluding hydrogens is 212 g/mol. The molecule has 0 bridgehead atoms. The smallest absolute Gasteiger partial charge is 0.0918 e. The Hall–Kier alpha value is -0.0800. The quantitative estimate of drug-likeness (QED) is 0.668. The van der Waals surface area contributed by atoms with Crippen molar-refractivity contribution in [3.63, 3.8) is 0 Å². The van der Waals surface area contributed by atoms with Crippen LogP contribution < -0.4 is 0 Å². The summed E-state index contributed by atoms with van der Waals surface area (Å²) in [7, 11) is 0. The second-order valence-electron chi connectivity index (χ2n) is 6.67. The van der Waals surface area contributed by atoms with Crippen molar-refractivity contribution >= 4 is 0 Å². The minimum atomic E-state index is -0.218. The molecule has 0 aromatic heterocycles. The van der Waals surface area contributed by atoms with Gasteiger partial charge in [-0.3, -0.25) is 0 Å². The van der Waals surface area contributed by atoms with Crippen LogP contribution in [-0.4, -0.2) is 23.4 Å². The number of ether oxygens (including phenoxy) is 2. The Kier molecular flexibility index (Phi) is 4.65. The summed E-state index contributed by atoms with van der Waals surface area (Å²) in [5.41, 5.74) is -0.520. The molecular formula is C15H30O2. The van der Waals surface area contributed by atoms with Crippen molar-refractivity contribution in [2.45, 2.75) is 90.4 Å². The van der Waals surface area contributed by atoms with E-state index in [0.29, 0.717) is 0 Å². The molecule has 1 saturated heterocycles. The molecule has 0 aromatic carbocycles. The van der Waals surface area contributed by atoms with Gasteiger partial charge in [0.2, 0.25) is 0 Å². The minimum absolute atomic E-state index is 0.104. The fourth-order valence-electron chi connectivity index (χ4n) is 2.32. The van der Waals surface area contributed by atoms with Crippen molar-refractivity contribution in [3.8, 4) is 0 Å². The van der Waals surface area contributed by atoms with Gasteiger partial charge in [-0.1, -0.05) is 32.6 Å². The maximum atomic E-state index is 6.33. The summed E-state index contributed by atoms with van der Waals surface area (Å²) in [5, 5.41) is 0. The van der Waals surface area contributed by atoms with Gasteiger partial charge in [-0.25, -0.2) is 0 Å². The summed E-state index contributed by atoms with van der Waals surface area (Å²) < 4.78 is 12.4. The molecule has 0 spiro atoms. The Balaban J connectivity index is 2.50. The van der Waals surface area contributed by atoms with Crippen molar-refractivity contribution in [2.24, 2.45) is 0 Å². The summed E-state index contributed by atoms with van der Waals surface area (Å²) in [6, 6.07) is 0. The van der Waals surface area contributed by atoms with Crippen LogP contribution in [0.2, 0.25) is 0 Å². The van der Waals surface area contributed by atoms with E-state index in [1.165, 1.54) is 25.7 Å². The van der Waals surface area contributed by atoms with E-state index in [-0.39, 0.29) is 16.8 Å². The third-order valence-corrected chi connectivity index (χ3v) is 4.25. The largest absolute Gasteiger partial charge is 0.370 e. The highest BCUT2D eigenvalue weighted by Crippen LogP contribution is 2.40. The summed E-state index contributed by atoms with van der Waals surface area (Å²) in [4.78, 5) is 0. The van der Waals surface area contributed by atoms with Gasteiger partial charge in [0, 0.05) is 0 Å². The molecule has 17 heavy (non-hydrogen) atoms. The van der Waals surface area contributed by atoms with Crippen molar-refractivity contribution in [1.29, 1.82) is 0 Å². The molecule has 1 unspecified atom stereocenters. The first-order valence-corrected chi connectivity index (χ1v) is 7.07. The molecule has 0 amide bonds. The van der Waals surface area contributed by atoms with Crippen LogP contribution in [0.5, 0.6) is 0 Å². The maximum absolute atomic E-state index is 6.33. The predicted molar refractivity (Wildman–Crippen MR) is 72.4 cm³/mol. The number of hydrogen-bond acceptors (Lipinski definition) is 2. The molecule has 1 atom stereocenters. The molecule has 0 N–H and O–H groups in total. The van der Waals surface area contributed by atoms with Gasteiger partial charge in [-0.2, -0.15) is 0 Å². The number of rotatable bonds is 5. The predicted octanol–water partition coefficient (Wildman–Crippen LogP) is 4.32. The first-order valence-electron chi connectivity index (χ1n) is 7.07. The lowest BCUT2D eigenvalue weighted by atomic mass is 9.84. The highest BCUT2D eigenvalue weighted by Gasteiger charge is 2.49. The molecule has 1 aliphatic heterocycles. The van der Waals surface area contributed by atoms with Crippen molar-refractivity contribution in [3.05, 3.63) is 0 Å². The fraction of sp³-hybridized carbons (Fsp3) is 1.00. The van der Waals surface area contributed by atoms with Gasteiger partial charge >= 0.3 is 0 Å². The number of unbranched alkanes of at least 4 members (excludes halogenated alkanes) is 3. The third kappa shape index (κ3) is 3.69. The Labute approximate surface area is 107 Å². The van der Waals surface area contributed by atoms with Crippen LogP contribution in [0.25, 0.3) is 0 Å². The second-order valence-corrected chi connectivity index (χ2v) is 6.67. The van der Waals surface area contributed by atoms with E-state index < -0.39 is 0 Å². The molecule has 0 aromatic rings. The molecule has 102 valence electrons. The first-order chi connectivity index (χ1) is 7.72. The highest BCUT2D eigenvalue weighted by molar-refractivity contribution is 4.97. The molecule has 0 saturated carbocycles. The van der Waals surface area contributed by atoms with E-state index in [0.717, 1.165) is 13.0 Å². The summed E-state index contributed by atoms with van der Waals surface area (Å²) in [6.07, 6.45) is 6.26. The average molecular weight is 242 g/mol. The van der Waals surface area contributed by atoms with E-state index in [1.807, 2.05) is 0 Å². The first kappa shape index (κ1) is 15.0. The lowest BCUT2D eigenvalue weighted by Crippen LogP contribution is -2.61. The molecule has 1 heterocycles. The Bertz CT molecular complexity index is 245. The molecule has 1 fully saturated rings. The van der Waals surface area contributed by atoms with Gasteiger partial charge < -0.3 is 9.47 Å². The van der Waals surface area contributed by atoms with E-state index in [4.69, 9.17) is 9.47 Å². The second kappa shape index (κ2) is 5.27. The van der Waals surface area contributed by atoms with Crippen molar-refractivity contribution < 1.29 is 9.47 Å². The van der Waals surface area contributed by atoms with Crippen LogP contribution in [-0.2, 0) is 9.47 Å². The molecule has 0 radical (unpaired) electrons. The lowest BCUT2D eigenvalue weighted by Gasteiger charge is -2.52. The zero-order chi connectivity index (χ0) is 13.2. The van der Waals surface area contributed by atoms with Crippen LogP contribution in [0.4, 0.5) is 0 Å². The van der Waals surface area contributed by atoms with Crippen LogP contribution in [0.3, 0.4) is 0 Å². The summed E-state index contributed by atoms with van der Waals surface area (Å²) in [6.45, 7) is 13.7. The Morgan fingerprint density at radius 1 is 0.882 bits per heavy atom. The van der Waals surface area contributed by atoms with Crippen molar-refractivity contribution in [1.82, 2.24) is 0 Å². The van der Waals surface area contributed by atoms with Gasteiger partial charge in [-0.05, 0) is 41.0 Å². The lowest BCUT2D eigenvalue weighted by molar-refractivity contribution is -0.299. The SMILES string of the molecule is CCCCCCC1(C)COC(C)(C)C(C)(C)O1. The molecule has 0 aliphatic carbocycles. The topological polar surface area (TPSA) is 18.5 Å². The van der Waals surface area contributed by atoms with Gasteiger partial charge in [0.25, 0.3) is 0 Å². The zero-order valence-corrected chi connectivity index (χ0v) is 12.6. The zero-order valence-electron chi connectivity index (χ0n) is 12.6. The van der Waals surface area contributed by atoms with Crippen LogP contribution in [0.1, 0.15) is 73.6 Å². The maximum Gasteiger partial charge on any atom is 0.0918 e. The van der Waals surface area contributed by atoms with E-state index in [9.17, 15) is 0 Å². The average Bonchev–Trinajstić information content (AvgIpc) is 2.20. The Morgan fingerprint density at radius 3 is 2.06 bits per heavy atom. The standard InChI is InChI=1S/C15H30O2/c1-7-8-9-10-11-15(6)12-16-13(2,3)14(4,5)17-15/h7-12H2,1-6H3. The van der Waals surface area contributed by atoms with Crippen LogP contribution in [0.15, 0.2) is 0 Å². The normalized spacial score (nSPS) is 31.4. The van der Waals surface area contributed by atoms with Crippen LogP contribution >= 0.6 is 0 Å². The molecule has 1 aliphatic rings. The van der Waals surface area contributed by atoms with E-state index in [2.05, 4.69) is 41.5 Å². The van der Waals surface area contributed by atoms with Gasteiger partial charge in [0.1, 0.15) is 0 Å². The van der Waals surface area contributed by atoms with Crippen LogP contribution in [0, 0.1) is 0 Å². The van der Waals surface area contributed by atoms with E-state index >= 15 is 0 Å². The monoisotopic (exact) mass is 242 g/mol. The minimum Gasteiger partial charge on any atom is -0.370 e. The summed E-state index contributed by atoms with van der Waals surface area (Å²) in [5.74, 6) is 0. The van der Waals surface area contributed by atoms with Crippen molar-refractivity contribution in [2.75, 3.05) is 6.61 Å². The highest BCUT2D eigenvalue weighted by atomic mass is 16.6. The molecule has 2 nitrogen and oxygen atoms in total. The molecule has 1 rings (SSSR count). The summed E-state index contributed by atoms with van der Waals surface area (Å²) >= 11 is 0. The fourth-order valence-corrected chi connectivity index (χ4v) is 2.32. The van der Waals surface area contributed by atoms with Gasteiger partial charge in [-0.15, -0.1) is 0 Å². The Morgan fingerprint density at radius 2 is 1.53 bits per heavy atom. The third-order valence-electron chi connectivity index (χ3n) is 4.25. The van der Waals surface area contributed by atoms with E-state index in [1.54, 1.807) is 0 Å². The number of hydrogen-bond donors (Lipinski definition) is 0.